The summed E-state index contributed by atoms with van der Waals surface area (Å²) in [6, 6.07) is 3.48. The third-order valence-corrected chi connectivity index (χ3v) is 5.46. The SMILES string of the molecule is NCCCCC1(C(=O)O)NC(c2cc(Cl)ccc2O)C2C(=O)NC(=O)C21. The molecule has 2 heterocycles. The number of unbranched alkanes of at least 4 members (excludes halogenated alkanes) is 1. The van der Waals surface area contributed by atoms with Crippen LogP contribution in [0.15, 0.2) is 18.2 Å². The Hall–Kier alpha value is -2.16. The molecule has 0 aromatic heterocycles. The van der Waals surface area contributed by atoms with E-state index in [0.29, 0.717) is 30.0 Å². The summed E-state index contributed by atoms with van der Waals surface area (Å²) in [5, 5.41) is 25.7. The van der Waals surface area contributed by atoms with Gasteiger partial charge in [-0.1, -0.05) is 11.6 Å². The van der Waals surface area contributed by atoms with Crippen molar-refractivity contribution >= 4 is 29.4 Å². The number of rotatable bonds is 6. The summed E-state index contributed by atoms with van der Waals surface area (Å²) in [5.74, 6) is -4.53. The quantitative estimate of drug-likeness (QED) is 0.357. The number of nitrogens with two attached hydrogens (primary N) is 1. The fourth-order valence-electron chi connectivity index (χ4n) is 4.05. The molecule has 3 rings (SSSR count). The summed E-state index contributed by atoms with van der Waals surface area (Å²) in [6.45, 7) is 0.396. The highest BCUT2D eigenvalue weighted by atomic mass is 35.5. The second-order valence-electron chi connectivity index (χ2n) is 6.70. The first-order valence-electron chi connectivity index (χ1n) is 8.36. The van der Waals surface area contributed by atoms with Gasteiger partial charge in [-0.3, -0.25) is 25.0 Å². The molecule has 0 saturated carbocycles. The monoisotopic (exact) mass is 381 g/mol. The molecule has 4 unspecified atom stereocenters. The molecule has 1 aromatic carbocycles. The summed E-state index contributed by atoms with van der Waals surface area (Å²) in [6.07, 6.45) is 1.21. The number of hydrogen-bond donors (Lipinski definition) is 5. The number of fused-ring (bicyclic) bond motifs is 1. The van der Waals surface area contributed by atoms with Crippen LogP contribution in [-0.2, 0) is 14.4 Å². The van der Waals surface area contributed by atoms with Gasteiger partial charge in [0.1, 0.15) is 11.3 Å². The molecule has 26 heavy (non-hydrogen) atoms. The third-order valence-electron chi connectivity index (χ3n) is 5.23. The van der Waals surface area contributed by atoms with Gasteiger partial charge in [0.05, 0.1) is 11.8 Å². The molecule has 4 atom stereocenters. The zero-order valence-corrected chi connectivity index (χ0v) is 14.6. The molecule has 2 aliphatic heterocycles. The minimum Gasteiger partial charge on any atom is -0.508 e. The molecule has 9 heteroatoms. The number of aliphatic carboxylic acids is 1. The lowest BCUT2D eigenvalue weighted by Gasteiger charge is -2.30. The maximum atomic E-state index is 12.4. The topological polar surface area (TPSA) is 142 Å². The lowest BCUT2D eigenvalue weighted by Crippen LogP contribution is -2.55. The van der Waals surface area contributed by atoms with E-state index in [1.807, 2.05) is 0 Å². The molecular weight excluding hydrogens is 362 g/mol. The van der Waals surface area contributed by atoms with Gasteiger partial charge in [0.2, 0.25) is 11.8 Å². The van der Waals surface area contributed by atoms with Crippen molar-refractivity contribution < 1.29 is 24.6 Å². The van der Waals surface area contributed by atoms with E-state index in [0.717, 1.165) is 0 Å². The molecule has 0 spiro atoms. The zero-order valence-electron chi connectivity index (χ0n) is 13.9. The molecule has 2 amide bonds. The van der Waals surface area contributed by atoms with Gasteiger partial charge in [0, 0.05) is 16.6 Å². The van der Waals surface area contributed by atoms with Gasteiger partial charge in [-0.05, 0) is 44.0 Å². The molecule has 6 N–H and O–H groups in total. The number of amides is 2. The van der Waals surface area contributed by atoms with Crippen molar-refractivity contribution in [3.05, 3.63) is 28.8 Å². The van der Waals surface area contributed by atoms with Crippen molar-refractivity contribution in [2.45, 2.75) is 30.8 Å². The van der Waals surface area contributed by atoms with Crippen molar-refractivity contribution in [3.8, 4) is 5.75 Å². The number of aromatic hydroxyl groups is 1. The maximum absolute atomic E-state index is 12.4. The molecule has 2 aliphatic rings. The minimum absolute atomic E-state index is 0.124. The number of carboxylic acids is 1. The smallest absolute Gasteiger partial charge is 0.324 e. The number of phenolic OH excluding ortho intramolecular Hbond substituents is 1. The van der Waals surface area contributed by atoms with Crippen LogP contribution in [-0.4, -0.2) is 40.1 Å². The first-order chi connectivity index (χ1) is 12.3. The number of carbonyl (C=O) groups is 3. The van der Waals surface area contributed by atoms with Crippen molar-refractivity contribution in [1.29, 1.82) is 0 Å². The van der Waals surface area contributed by atoms with Crippen molar-refractivity contribution in [2.75, 3.05) is 6.54 Å². The lowest BCUT2D eigenvalue weighted by molar-refractivity contribution is -0.149. The Bertz CT molecular complexity index is 771. The van der Waals surface area contributed by atoms with Gasteiger partial charge < -0.3 is 15.9 Å². The Morgan fingerprint density at radius 3 is 2.65 bits per heavy atom. The van der Waals surface area contributed by atoms with Gasteiger partial charge >= 0.3 is 5.97 Å². The van der Waals surface area contributed by atoms with Crippen LogP contribution in [0, 0.1) is 11.8 Å². The van der Waals surface area contributed by atoms with Crippen molar-refractivity contribution in [3.63, 3.8) is 0 Å². The van der Waals surface area contributed by atoms with Crippen LogP contribution in [0.25, 0.3) is 0 Å². The third kappa shape index (κ3) is 2.84. The number of carbonyl (C=O) groups excluding carboxylic acids is 2. The van der Waals surface area contributed by atoms with Crippen molar-refractivity contribution in [2.24, 2.45) is 17.6 Å². The number of imide groups is 1. The first-order valence-corrected chi connectivity index (χ1v) is 8.74. The molecular formula is C17H20ClN3O5. The van der Waals surface area contributed by atoms with Crippen LogP contribution in [0.1, 0.15) is 30.9 Å². The number of carboxylic acid groups (broad SMARTS) is 1. The Kier molecular flexibility index (Phi) is 4.92. The first kappa shape index (κ1) is 18.6. The summed E-state index contributed by atoms with van der Waals surface area (Å²) in [4.78, 5) is 37.0. The average molecular weight is 382 g/mol. The van der Waals surface area contributed by atoms with Gasteiger partial charge in [-0.15, -0.1) is 0 Å². The number of phenols is 1. The second-order valence-corrected chi connectivity index (χ2v) is 7.14. The minimum atomic E-state index is -1.62. The van der Waals surface area contributed by atoms with E-state index >= 15 is 0 Å². The molecule has 1 aromatic rings. The van der Waals surface area contributed by atoms with E-state index in [2.05, 4.69) is 10.6 Å². The number of hydrogen-bond acceptors (Lipinski definition) is 6. The van der Waals surface area contributed by atoms with E-state index in [-0.39, 0.29) is 12.2 Å². The Morgan fingerprint density at radius 1 is 1.27 bits per heavy atom. The molecule has 8 nitrogen and oxygen atoms in total. The highest BCUT2D eigenvalue weighted by Crippen LogP contribution is 2.49. The number of nitrogens with one attached hydrogen (secondary N) is 2. The fourth-order valence-corrected chi connectivity index (χ4v) is 4.23. The summed E-state index contributed by atoms with van der Waals surface area (Å²) < 4.78 is 0. The van der Waals surface area contributed by atoms with Gasteiger partial charge in [0.25, 0.3) is 0 Å². The Balaban J connectivity index is 2.08. The second kappa shape index (κ2) is 6.86. The van der Waals surface area contributed by atoms with Crippen LogP contribution < -0.4 is 16.4 Å². The predicted molar refractivity (Wildman–Crippen MR) is 92.4 cm³/mol. The standard InChI is InChI=1S/C17H20ClN3O5/c18-8-3-4-10(22)9(7-8)13-11-12(15(24)20-14(11)23)17(21-13,16(25)26)5-1-2-6-19/h3-4,7,11-13,21-22H,1-2,5-6,19H2,(H,25,26)(H,20,23,24). The summed E-state index contributed by atoms with van der Waals surface area (Å²) in [5.41, 5.74) is 4.17. The molecule has 0 radical (unpaired) electrons. The number of halogens is 1. The summed E-state index contributed by atoms with van der Waals surface area (Å²) in [7, 11) is 0. The van der Waals surface area contributed by atoms with E-state index in [1.54, 1.807) is 0 Å². The van der Waals surface area contributed by atoms with Crippen LogP contribution in [0.5, 0.6) is 5.75 Å². The largest absolute Gasteiger partial charge is 0.508 e. The highest BCUT2D eigenvalue weighted by Gasteiger charge is 2.66. The van der Waals surface area contributed by atoms with E-state index in [9.17, 15) is 24.6 Å². The normalized spacial score (nSPS) is 30.3. The molecule has 140 valence electrons. The van der Waals surface area contributed by atoms with Crippen LogP contribution in [0.2, 0.25) is 5.02 Å². The van der Waals surface area contributed by atoms with Gasteiger partial charge in [0.15, 0.2) is 0 Å². The van der Waals surface area contributed by atoms with Crippen molar-refractivity contribution in [1.82, 2.24) is 10.6 Å². The van der Waals surface area contributed by atoms with Crippen LogP contribution in [0.3, 0.4) is 0 Å². The fraction of sp³-hybridized carbons (Fsp3) is 0.471. The average Bonchev–Trinajstić information content (AvgIpc) is 3.08. The molecule has 0 bridgehead atoms. The Labute approximate surface area is 154 Å². The highest BCUT2D eigenvalue weighted by molar-refractivity contribution is 6.30. The molecule has 2 saturated heterocycles. The van der Waals surface area contributed by atoms with E-state index < -0.39 is 41.2 Å². The molecule has 2 fully saturated rings. The van der Waals surface area contributed by atoms with Gasteiger partial charge in [-0.2, -0.15) is 0 Å². The lowest BCUT2D eigenvalue weighted by atomic mass is 9.76. The summed E-state index contributed by atoms with van der Waals surface area (Å²) >= 11 is 6.00. The van der Waals surface area contributed by atoms with Gasteiger partial charge in [-0.25, -0.2) is 0 Å². The van der Waals surface area contributed by atoms with Crippen LogP contribution in [0.4, 0.5) is 0 Å². The number of benzene rings is 1. The van der Waals surface area contributed by atoms with Crippen LogP contribution >= 0.6 is 11.6 Å². The Morgan fingerprint density at radius 2 is 2.00 bits per heavy atom. The molecule has 0 aliphatic carbocycles. The predicted octanol–water partition coefficient (Wildman–Crippen LogP) is 0.531. The maximum Gasteiger partial charge on any atom is 0.324 e. The zero-order chi connectivity index (χ0) is 19.1. The van der Waals surface area contributed by atoms with E-state index in [1.165, 1.54) is 18.2 Å². The van der Waals surface area contributed by atoms with E-state index in [4.69, 9.17) is 17.3 Å².